The fraction of sp³-hybridized carbons (Fsp3) is 0.583. The fourth-order valence-electron chi connectivity index (χ4n) is 4.51. The largest absolute Gasteiger partial charge is 0.463 e. The predicted octanol–water partition coefficient (Wildman–Crippen LogP) is 5.60. The summed E-state index contributed by atoms with van der Waals surface area (Å²) in [5.41, 5.74) is 6.19. The van der Waals surface area contributed by atoms with Gasteiger partial charge in [0, 0.05) is 34.8 Å². The molecule has 0 saturated carbocycles. The molecule has 3 rings (SSSR count). The van der Waals surface area contributed by atoms with Crippen LogP contribution in [0.15, 0.2) is 18.2 Å². The van der Waals surface area contributed by atoms with E-state index in [-0.39, 0.29) is 25.7 Å². The SMILES string of the molecule is CCOC(=O)PC1(C)C(C)=[N+](CCC(OCC)OCC)c2ccc3c(c21)C=CCC3. The molecule has 0 amide bonds. The van der Waals surface area contributed by atoms with Crippen molar-refractivity contribution in [3.05, 3.63) is 34.9 Å². The average Bonchev–Trinajstić information content (AvgIpc) is 2.93. The highest BCUT2D eigenvalue weighted by Crippen LogP contribution is 2.54. The van der Waals surface area contributed by atoms with Crippen LogP contribution < -0.4 is 0 Å². The van der Waals surface area contributed by atoms with Crippen LogP contribution in [0.1, 0.15) is 64.2 Å². The van der Waals surface area contributed by atoms with Gasteiger partial charge in [0.05, 0.1) is 18.6 Å². The van der Waals surface area contributed by atoms with E-state index in [1.165, 1.54) is 28.1 Å². The molecular weight excluding hydrogens is 397 g/mol. The van der Waals surface area contributed by atoms with Gasteiger partial charge in [0.1, 0.15) is 5.16 Å². The Morgan fingerprint density at radius 1 is 1.20 bits per heavy atom. The lowest BCUT2D eigenvalue weighted by molar-refractivity contribution is -0.444. The zero-order chi connectivity index (χ0) is 21.7. The van der Waals surface area contributed by atoms with Gasteiger partial charge in [0.2, 0.25) is 5.69 Å². The first-order chi connectivity index (χ1) is 14.5. The van der Waals surface area contributed by atoms with Gasteiger partial charge in [-0.15, -0.1) is 0 Å². The van der Waals surface area contributed by atoms with Crippen molar-refractivity contribution in [1.29, 1.82) is 0 Å². The van der Waals surface area contributed by atoms with Crippen LogP contribution in [0.5, 0.6) is 0 Å². The van der Waals surface area contributed by atoms with E-state index in [0.29, 0.717) is 19.8 Å². The average molecular weight is 433 g/mol. The molecule has 0 fully saturated rings. The first-order valence-corrected chi connectivity index (χ1v) is 12.1. The molecule has 1 aliphatic carbocycles. The van der Waals surface area contributed by atoms with Gasteiger partial charge in [0.25, 0.3) is 0 Å². The third kappa shape index (κ3) is 4.54. The van der Waals surface area contributed by atoms with E-state index in [2.05, 4.69) is 42.7 Å². The first kappa shape index (κ1) is 23.1. The van der Waals surface area contributed by atoms with E-state index in [9.17, 15) is 4.79 Å². The number of aryl methyl sites for hydroxylation is 1. The highest BCUT2D eigenvalue weighted by Gasteiger charge is 2.50. The standard InChI is InChI=1S/C24H35NO4P/c1-6-27-21(28-7-2)15-16-25-17(4)24(5,30-23(26)29-8-3)22-19-12-10-9-11-18(19)13-14-20(22)25/h10,12-14,21,30H,6-9,11,15-16H2,1-5H3/q+1. The third-order valence-electron chi connectivity index (χ3n) is 6.02. The highest BCUT2D eigenvalue weighted by molar-refractivity contribution is 7.59. The smallest absolute Gasteiger partial charge is 0.324 e. The maximum atomic E-state index is 12.6. The summed E-state index contributed by atoms with van der Waals surface area (Å²) in [6.45, 7) is 12.7. The monoisotopic (exact) mass is 432 g/mol. The highest BCUT2D eigenvalue weighted by atomic mass is 31.1. The molecule has 0 saturated heterocycles. The Hall–Kier alpha value is -1.55. The molecule has 0 radical (unpaired) electrons. The molecule has 6 heteroatoms. The summed E-state index contributed by atoms with van der Waals surface area (Å²) < 4.78 is 19.2. The van der Waals surface area contributed by atoms with Gasteiger partial charge in [-0.1, -0.05) is 18.2 Å². The van der Waals surface area contributed by atoms with Crippen LogP contribution in [0.4, 0.5) is 10.5 Å². The van der Waals surface area contributed by atoms with Gasteiger partial charge in [0.15, 0.2) is 18.5 Å². The fourth-order valence-corrected chi connectivity index (χ4v) is 5.84. The van der Waals surface area contributed by atoms with Gasteiger partial charge in [-0.05, 0) is 51.7 Å². The zero-order valence-corrected chi connectivity index (χ0v) is 19.9. The molecule has 1 aromatic carbocycles. The Balaban J connectivity index is 2.01. The number of hydrogen-bond acceptors (Lipinski definition) is 4. The van der Waals surface area contributed by atoms with Crippen molar-refractivity contribution in [2.75, 3.05) is 26.4 Å². The van der Waals surface area contributed by atoms with Gasteiger partial charge in [-0.3, -0.25) is 0 Å². The number of hydrogen-bond donors (Lipinski definition) is 0. The Bertz CT molecular complexity index is 842. The summed E-state index contributed by atoms with van der Waals surface area (Å²) in [6, 6.07) is 4.48. The van der Waals surface area contributed by atoms with E-state index >= 15 is 0 Å². The van der Waals surface area contributed by atoms with Crippen LogP contribution in [0.25, 0.3) is 6.08 Å². The molecule has 5 nitrogen and oxygen atoms in total. The number of carbonyl (C=O) groups excluding carboxylic acids is 1. The molecule has 164 valence electrons. The summed E-state index contributed by atoms with van der Waals surface area (Å²) in [4.78, 5) is 12.6. The van der Waals surface area contributed by atoms with Crippen molar-refractivity contribution in [2.45, 2.75) is 65.3 Å². The van der Waals surface area contributed by atoms with Crippen molar-refractivity contribution in [2.24, 2.45) is 0 Å². The van der Waals surface area contributed by atoms with Crippen molar-refractivity contribution in [1.82, 2.24) is 0 Å². The van der Waals surface area contributed by atoms with Gasteiger partial charge >= 0.3 is 5.71 Å². The summed E-state index contributed by atoms with van der Waals surface area (Å²) in [5, 5.41) is -0.360. The second-order valence-corrected chi connectivity index (χ2v) is 9.47. The predicted molar refractivity (Wildman–Crippen MR) is 124 cm³/mol. The van der Waals surface area contributed by atoms with Crippen molar-refractivity contribution < 1.29 is 23.6 Å². The second kappa shape index (κ2) is 10.2. The molecule has 1 aromatic rings. The Labute approximate surface area is 182 Å². The number of rotatable bonds is 10. The summed E-state index contributed by atoms with van der Waals surface area (Å²) >= 11 is 0. The molecule has 0 bridgehead atoms. The van der Waals surface area contributed by atoms with Crippen molar-refractivity contribution >= 4 is 31.8 Å². The maximum Gasteiger partial charge on any atom is 0.324 e. The Morgan fingerprint density at radius 3 is 2.60 bits per heavy atom. The number of nitrogens with zero attached hydrogens (tertiary/aromatic N) is 1. The van der Waals surface area contributed by atoms with Crippen molar-refractivity contribution in [3.63, 3.8) is 0 Å². The minimum atomic E-state index is -0.360. The number of allylic oxidation sites excluding steroid dienone is 1. The number of ether oxygens (including phenoxy) is 3. The number of carbonyl (C=O) groups is 1. The Morgan fingerprint density at radius 2 is 1.93 bits per heavy atom. The first-order valence-electron chi connectivity index (χ1n) is 11.1. The second-order valence-electron chi connectivity index (χ2n) is 7.81. The number of benzene rings is 1. The van der Waals surface area contributed by atoms with Crippen LogP contribution >= 0.6 is 8.58 Å². The minimum Gasteiger partial charge on any atom is -0.463 e. The van der Waals surface area contributed by atoms with E-state index < -0.39 is 0 Å². The van der Waals surface area contributed by atoms with E-state index in [1.54, 1.807) is 0 Å². The van der Waals surface area contributed by atoms with Crippen LogP contribution in [-0.2, 0) is 25.8 Å². The summed E-state index contributed by atoms with van der Waals surface area (Å²) in [5.74, 6) is 0. The normalized spacial score (nSPS) is 20.3. The maximum absolute atomic E-state index is 12.6. The minimum absolute atomic E-state index is 0.0374. The molecule has 2 unspecified atom stereocenters. The van der Waals surface area contributed by atoms with Crippen LogP contribution in [-0.4, -0.2) is 48.7 Å². The molecule has 0 N–H and O–H groups in total. The molecule has 0 aromatic heterocycles. The quantitative estimate of drug-likeness (QED) is 0.274. The molecule has 30 heavy (non-hydrogen) atoms. The molecular formula is C24H35NO4P+. The lowest BCUT2D eigenvalue weighted by Gasteiger charge is -2.24. The lowest BCUT2D eigenvalue weighted by atomic mass is 9.86. The number of fused-ring (bicyclic) bond motifs is 3. The van der Waals surface area contributed by atoms with Gasteiger partial charge in [-0.2, -0.15) is 4.58 Å². The Kier molecular flexibility index (Phi) is 7.84. The van der Waals surface area contributed by atoms with E-state index in [1.807, 2.05) is 20.8 Å². The molecule has 2 aliphatic rings. The topological polar surface area (TPSA) is 47.8 Å². The van der Waals surface area contributed by atoms with E-state index in [0.717, 1.165) is 25.8 Å². The molecule has 0 spiro atoms. The van der Waals surface area contributed by atoms with Crippen molar-refractivity contribution in [3.8, 4) is 0 Å². The van der Waals surface area contributed by atoms with Crippen LogP contribution in [0.3, 0.4) is 0 Å². The zero-order valence-electron chi connectivity index (χ0n) is 18.9. The van der Waals surface area contributed by atoms with Gasteiger partial charge in [-0.25, -0.2) is 4.79 Å². The third-order valence-corrected chi connectivity index (χ3v) is 7.48. The van der Waals surface area contributed by atoms with Gasteiger partial charge < -0.3 is 14.2 Å². The van der Waals surface area contributed by atoms with E-state index in [4.69, 9.17) is 14.2 Å². The van der Waals surface area contributed by atoms with Crippen LogP contribution in [0, 0.1) is 0 Å². The summed E-state index contributed by atoms with van der Waals surface area (Å²) in [6.07, 6.45) is 7.16. The van der Waals surface area contributed by atoms with Crippen LogP contribution in [0.2, 0.25) is 0 Å². The lowest BCUT2D eigenvalue weighted by Crippen LogP contribution is -2.29. The molecule has 1 aliphatic heterocycles. The molecule has 1 heterocycles. The summed E-state index contributed by atoms with van der Waals surface area (Å²) in [7, 11) is 0.0374. The molecule has 2 atom stereocenters.